The standard InChI is InChI=1S/C11H21NO3S/c1-8(2)9(3)12(4)10(13)11(6-7-11)16(5,14)15/h8-9H,6-7H2,1-5H3. The summed E-state index contributed by atoms with van der Waals surface area (Å²) in [5.74, 6) is 0.0838. The lowest BCUT2D eigenvalue weighted by atomic mass is 10.0. The van der Waals surface area contributed by atoms with Crippen LogP contribution in [0.5, 0.6) is 0 Å². The van der Waals surface area contributed by atoms with Crippen molar-refractivity contribution in [1.29, 1.82) is 0 Å². The largest absolute Gasteiger partial charge is 0.341 e. The molecule has 0 aromatic rings. The summed E-state index contributed by atoms with van der Waals surface area (Å²) >= 11 is 0. The summed E-state index contributed by atoms with van der Waals surface area (Å²) in [5, 5.41) is 0. The highest BCUT2D eigenvalue weighted by atomic mass is 32.2. The van der Waals surface area contributed by atoms with Crippen molar-refractivity contribution >= 4 is 15.7 Å². The van der Waals surface area contributed by atoms with E-state index < -0.39 is 14.6 Å². The van der Waals surface area contributed by atoms with E-state index in [-0.39, 0.29) is 11.9 Å². The van der Waals surface area contributed by atoms with Gasteiger partial charge in [-0.3, -0.25) is 4.79 Å². The van der Waals surface area contributed by atoms with Crippen molar-refractivity contribution in [2.45, 2.75) is 44.4 Å². The minimum Gasteiger partial charge on any atom is -0.341 e. The van der Waals surface area contributed by atoms with Crippen molar-refractivity contribution in [3.8, 4) is 0 Å². The second-order valence-electron chi connectivity index (χ2n) is 5.17. The van der Waals surface area contributed by atoms with Crippen LogP contribution in [0.25, 0.3) is 0 Å². The monoisotopic (exact) mass is 247 g/mol. The number of amides is 1. The molecular formula is C11H21NO3S. The highest BCUT2D eigenvalue weighted by Gasteiger charge is 2.60. The first-order chi connectivity index (χ1) is 7.13. The third-order valence-electron chi connectivity index (χ3n) is 3.70. The number of nitrogens with zero attached hydrogens (tertiary/aromatic N) is 1. The molecule has 5 heteroatoms. The number of sulfone groups is 1. The lowest BCUT2D eigenvalue weighted by Crippen LogP contribution is -2.47. The molecule has 0 spiro atoms. The number of carbonyl (C=O) groups excluding carboxylic acids is 1. The van der Waals surface area contributed by atoms with Gasteiger partial charge in [-0.15, -0.1) is 0 Å². The molecule has 1 amide bonds. The Balaban J connectivity index is 2.88. The predicted octanol–water partition coefficient (Wildman–Crippen LogP) is 1.07. The van der Waals surface area contributed by atoms with Gasteiger partial charge in [0.05, 0.1) is 0 Å². The van der Waals surface area contributed by atoms with E-state index in [0.717, 1.165) is 6.26 Å². The first kappa shape index (κ1) is 13.5. The van der Waals surface area contributed by atoms with Gasteiger partial charge in [-0.05, 0) is 25.7 Å². The molecule has 1 fully saturated rings. The average molecular weight is 247 g/mol. The average Bonchev–Trinajstić information content (AvgIpc) is 2.93. The van der Waals surface area contributed by atoms with Gasteiger partial charge in [0.1, 0.15) is 0 Å². The van der Waals surface area contributed by atoms with Crippen molar-refractivity contribution in [1.82, 2.24) is 4.90 Å². The number of carbonyl (C=O) groups is 1. The summed E-state index contributed by atoms with van der Waals surface area (Å²) in [7, 11) is -1.59. The summed E-state index contributed by atoms with van der Waals surface area (Å²) < 4.78 is 22.1. The van der Waals surface area contributed by atoms with Crippen molar-refractivity contribution < 1.29 is 13.2 Å². The number of rotatable bonds is 4. The molecule has 1 aliphatic rings. The quantitative estimate of drug-likeness (QED) is 0.746. The van der Waals surface area contributed by atoms with Crippen LogP contribution in [0.1, 0.15) is 33.6 Å². The first-order valence-corrected chi connectivity index (χ1v) is 7.49. The molecule has 1 rings (SSSR count). The number of hydrogen-bond acceptors (Lipinski definition) is 3. The molecule has 0 aliphatic heterocycles. The van der Waals surface area contributed by atoms with Crippen LogP contribution >= 0.6 is 0 Å². The molecule has 1 unspecified atom stereocenters. The van der Waals surface area contributed by atoms with Crippen molar-refractivity contribution in [3.63, 3.8) is 0 Å². The van der Waals surface area contributed by atoms with Crippen molar-refractivity contribution in [2.75, 3.05) is 13.3 Å². The minimum absolute atomic E-state index is 0.0618. The van der Waals surface area contributed by atoms with Crippen LogP contribution in [0, 0.1) is 5.92 Å². The Morgan fingerprint density at radius 3 is 1.94 bits per heavy atom. The molecule has 0 heterocycles. The Kier molecular flexibility index (Phi) is 3.39. The van der Waals surface area contributed by atoms with Gasteiger partial charge in [0.25, 0.3) is 0 Å². The maximum atomic E-state index is 12.2. The predicted molar refractivity (Wildman–Crippen MR) is 63.9 cm³/mol. The fourth-order valence-corrected chi connectivity index (χ4v) is 3.12. The molecule has 0 radical (unpaired) electrons. The third-order valence-corrected chi connectivity index (χ3v) is 5.70. The van der Waals surface area contributed by atoms with E-state index in [1.54, 1.807) is 11.9 Å². The Hall–Kier alpha value is -0.580. The van der Waals surface area contributed by atoms with Crippen LogP contribution in [0.15, 0.2) is 0 Å². The molecule has 1 aliphatic carbocycles. The first-order valence-electron chi connectivity index (χ1n) is 5.60. The lowest BCUT2D eigenvalue weighted by Gasteiger charge is -2.30. The summed E-state index contributed by atoms with van der Waals surface area (Å²) in [6.07, 6.45) is 2.10. The fourth-order valence-electron chi connectivity index (χ4n) is 1.81. The van der Waals surface area contributed by atoms with E-state index in [1.165, 1.54) is 0 Å². The molecule has 94 valence electrons. The maximum absolute atomic E-state index is 12.2. The fraction of sp³-hybridized carbons (Fsp3) is 0.909. The zero-order valence-corrected chi connectivity index (χ0v) is 11.5. The highest BCUT2D eigenvalue weighted by molar-refractivity contribution is 7.93. The van der Waals surface area contributed by atoms with Gasteiger partial charge in [-0.25, -0.2) is 8.42 Å². The minimum atomic E-state index is -3.29. The van der Waals surface area contributed by atoms with Crippen molar-refractivity contribution in [2.24, 2.45) is 5.92 Å². The summed E-state index contributed by atoms with van der Waals surface area (Å²) in [6, 6.07) is 0.0618. The molecule has 1 atom stereocenters. The molecule has 1 saturated carbocycles. The van der Waals surface area contributed by atoms with Crippen LogP contribution in [-0.4, -0.2) is 43.3 Å². The molecule has 0 N–H and O–H groups in total. The Morgan fingerprint density at radius 2 is 1.69 bits per heavy atom. The van der Waals surface area contributed by atoms with Crippen LogP contribution in [0.3, 0.4) is 0 Å². The van der Waals surface area contributed by atoms with Gasteiger partial charge in [0, 0.05) is 19.3 Å². The topological polar surface area (TPSA) is 54.5 Å². The Labute approximate surface area is 97.9 Å². The zero-order valence-electron chi connectivity index (χ0n) is 10.6. The molecule has 4 nitrogen and oxygen atoms in total. The molecule has 0 aromatic carbocycles. The maximum Gasteiger partial charge on any atom is 0.244 e. The summed E-state index contributed by atoms with van der Waals surface area (Å²) in [6.45, 7) is 5.99. The third kappa shape index (κ3) is 2.10. The van der Waals surface area contributed by atoms with Gasteiger partial charge >= 0.3 is 0 Å². The highest BCUT2D eigenvalue weighted by Crippen LogP contribution is 2.44. The summed E-state index contributed by atoms with van der Waals surface area (Å²) in [4.78, 5) is 13.7. The van der Waals surface area contributed by atoms with Gasteiger partial charge < -0.3 is 4.90 Å². The van der Waals surface area contributed by atoms with Crippen LogP contribution in [0.4, 0.5) is 0 Å². The van der Waals surface area contributed by atoms with E-state index in [1.807, 2.05) is 20.8 Å². The van der Waals surface area contributed by atoms with Gasteiger partial charge in [-0.2, -0.15) is 0 Å². The van der Waals surface area contributed by atoms with E-state index >= 15 is 0 Å². The second-order valence-corrected chi connectivity index (χ2v) is 7.49. The van der Waals surface area contributed by atoms with Crippen molar-refractivity contribution in [3.05, 3.63) is 0 Å². The van der Waals surface area contributed by atoms with Crippen LogP contribution in [0.2, 0.25) is 0 Å². The number of hydrogen-bond donors (Lipinski definition) is 0. The Bertz CT molecular complexity index is 382. The Morgan fingerprint density at radius 1 is 1.25 bits per heavy atom. The molecule has 0 bridgehead atoms. The smallest absolute Gasteiger partial charge is 0.244 e. The normalized spacial score (nSPS) is 20.6. The van der Waals surface area contributed by atoms with E-state index in [2.05, 4.69) is 0 Å². The van der Waals surface area contributed by atoms with Gasteiger partial charge in [-0.1, -0.05) is 13.8 Å². The SMILES string of the molecule is CC(C)C(C)N(C)C(=O)C1(S(C)(=O)=O)CC1. The van der Waals surface area contributed by atoms with Gasteiger partial charge in [0.2, 0.25) is 5.91 Å². The van der Waals surface area contributed by atoms with E-state index in [4.69, 9.17) is 0 Å². The van der Waals surface area contributed by atoms with Gasteiger partial charge in [0.15, 0.2) is 14.6 Å². The van der Waals surface area contributed by atoms with E-state index in [0.29, 0.717) is 18.8 Å². The molecule has 0 aromatic heterocycles. The molecular weight excluding hydrogens is 226 g/mol. The van der Waals surface area contributed by atoms with Crippen LogP contribution in [-0.2, 0) is 14.6 Å². The molecule has 16 heavy (non-hydrogen) atoms. The summed E-state index contributed by atoms with van der Waals surface area (Å²) in [5.41, 5.74) is 0. The zero-order chi connectivity index (χ0) is 12.7. The lowest BCUT2D eigenvalue weighted by molar-refractivity contribution is -0.132. The second kappa shape index (κ2) is 4.02. The molecule has 0 saturated heterocycles. The van der Waals surface area contributed by atoms with Crippen LogP contribution < -0.4 is 0 Å². The van der Waals surface area contributed by atoms with E-state index in [9.17, 15) is 13.2 Å².